The third kappa shape index (κ3) is 3.44. The summed E-state index contributed by atoms with van der Waals surface area (Å²) in [6.45, 7) is 0.671. The van der Waals surface area contributed by atoms with Gasteiger partial charge in [-0.05, 0) is 12.8 Å². The fourth-order valence-electron chi connectivity index (χ4n) is 1.12. The third-order valence-electron chi connectivity index (χ3n) is 1.79. The van der Waals surface area contributed by atoms with Gasteiger partial charge in [0.25, 0.3) is 0 Å². The van der Waals surface area contributed by atoms with E-state index in [1.165, 1.54) is 0 Å². The number of nitrogens with zero attached hydrogens (tertiary/aromatic N) is 1. The molecule has 0 saturated carbocycles. The first-order chi connectivity index (χ1) is 5.83. The molecule has 2 N–H and O–H groups in total. The molecule has 2 atom stereocenters. The molecule has 1 heterocycles. The van der Waals surface area contributed by atoms with Gasteiger partial charge in [-0.25, -0.2) is 0 Å². The first-order valence-corrected chi connectivity index (χ1v) is 5.23. The van der Waals surface area contributed by atoms with E-state index in [1.807, 2.05) is 0 Å². The zero-order valence-electron chi connectivity index (χ0n) is 7.03. The zero-order valence-corrected chi connectivity index (χ0v) is 7.85. The highest BCUT2D eigenvalue weighted by Crippen LogP contribution is 2.23. The van der Waals surface area contributed by atoms with Gasteiger partial charge in [0.15, 0.2) is 0 Å². The van der Waals surface area contributed by atoms with Crippen molar-refractivity contribution in [3.8, 4) is 6.07 Å². The van der Waals surface area contributed by atoms with Crippen LogP contribution in [0.2, 0.25) is 0 Å². The van der Waals surface area contributed by atoms with E-state index in [0.29, 0.717) is 13.0 Å². The van der Waals surface area contributed by atoms with Gasteiger partial charge < -0.3 is 10.5 Å². The van der Waals surface area contributed by atoms with Crippen LogP contribution in [0, 0.1) is 11.3 Å². The molecule has 3 nitrogen and oxygen atoms in total. The molecule has 0 aromatic rings. The first kappa shape index (κ1) is 9.85. The van der Waals surface area contributed by atoms with E-state index in [0.717, 1.165) is 18.6 Å². The average molecular weight is 186 g/mol. The molecule has 0 aromatic carbocycles. The van der Waals surface area contributed by atoms with Crippen LogP contribution in [0.4, 0.5) is 0 Å². The molecule has 1 fully saturated rings. The molecule has 0 amide bonds. The Morgan fingerprint density at radius 2 is 2.42 bits per heavy atom. The Bertz CT molecular complexity index is 161. The average Bonchev–Trinajstić information content (AvgIpc) is 2.09. The highest BCUT2D eigenvalue weighted by molar-refractivity contribution is 7.99. The lowest BCUT2D eigenvalue weighted by Crippen LogP contribution is -2.34. The molecule has 0 spiro atoms. The summed E-state index contributed by atoms with van der Waals surface area (Å²) in [6, 6.07) is 2.34. The van der Waals surface area contributed by atoms with Crippen molar-refractivity contribution in [2.75, 3.05) is 12.4 Å². The summed E-state index contributed by atoms with van der Waals surface area (Å²) in [5.74, 6) is 0.871. The largest absolute Gasteiger partial charge is 0.366 e. The molecular weight excluding hydrogens is 172 g/mol. The van der Waals surface area contributed by atoms with Gasteiger partial charge in [-0.15, -0.1) is 11.8 Å². The van der Waals surface area contributed by atoms with Crippen molar-refractivity contribution in [2.24, 2.45) is 5.73 Å². The van der Waals surface area contributed by atoms with Crippen molar-refractivity contribution < 1.29 is 4.74 Å². The predicted molar refractivity (Wildman–Crippen MR) is 49.6 cm³/mol. The highest BCUT2D eigenvalue weighted by Gasteiger charge is 2.18. The smallest absolute Gasteiger partial charge is 0.103 e. The van der Waals surface area contributed by atoms with E-state index in [1.54, 1.807) is 11.8 Å². The standard InChI is InChI=1S/C8H14N2OS/c9-4-1-5-12-8-3-2-7(10)6-11-8/h7-8H,1-3,5-6,10H2/t7-,8?/m0/s1. The number of ether oxygens (including phenoxy) is 1. The van der Waals surface area contributed by atoms with Crippen LogP contribution in [0.3, 0.4) is 0 Å². The van der Waals surface area contributed by atoms with Crippen molar-refractivity contribution in [3.63, 3.8) is 0 Å². The van der Waals surface area contributed by atoms with E-state index in [-0.39, 0.29) is 11.5 Å². The van der Waals surface area contributed by atoms with Crippen molar-refractivity contribution in [3.05, 3.63) is 0 Å². The Hall–Kier alpha value is -0.240. The van der Waals surface area contributed by atoms with Gasteiger partial charge in [0.05, 0.1) is 12.7 Å². The van der Waals surface area contributed by atoms with Gasteiger partial charge in [-0.1, -0.05) is 0 Å². The maximum atomic E-state index is 8.31. The van der Waals surface area contributed by atoms with E-state index in [9.17, 15) is 0 Å². The Labute approximate surface area is 77.3 Å². The Morgan fingerprint density at radius 1 is 1.58 bits per heavy atom. The number of nitriles is 1. The molecule has 12 heavy (non-hydrogen) atoms. The molecule has 68 valence electrons. The van der Waals surface area contributed by atoms with Crippen molar-refractivity contribution in [2.45, 2.75) is 30.7 Å². The Kier molecular flexibility index (Phi) is 4.44. The first-order valence-electron chi connectivity index (χ1n) is 4.18. The molecular formula is C8H14N2OS. The maximum Gasteiger partial charge on any atom is 0.103 e. The van der Waals surface area contributed by atoms with Gasteiger partial charge in [-0.2, -0.15) is 5.26 Å². The van der Waals surface area contributed by atoms with Gasteiger partial charge in [0.1, 0.15) is 5.44 Å². The number of hydrogen-bond donors (Lipinski definition) is 1. The summed E-state index contributed by atoms with van der Waals surface area (Å²) >= 11 is 1.72. The molecule has 1 rings (SSSR count). The van der Waals surface area contributed by atoms with Crippen LogP contribution in [0.15, 0.2) is 0 Å². The number of hydrogen-bond acceptors (Lipinski definition) is 4. The zero-order chi connectivity index (χ0) is 8.81. The minimum absolute atomic E-state index is 0.220. The van der Waals surface area contributed by atoms with Crippen molar-refractivity contribution in [1.29, 1.82) is 5.26 Å². The predicted octanol–water partition coefficient (Wildman–Crippen LogP) is 1.10. The molecule has 4 heteroatoms. The second-order valence-corrected chi connectivity index (χ2v) is 4.15. The van der Waals surface area contributed by atoms with Crippen LogP contribution in [0.25, 0.3) is 0 Å². The van der Waals surface area contributed by atoms with Gasteiger partial charge in [0.2, 0.25) is 0 Å². The summed E-state index contributed by atoms with van der Waals surface area (Å²) in [5, 5.41) is 8.31. The summed E-state index contributed by atoms with van der Waals surface area (Å²) in [6.07, 6.45) is 2.68. The maximum absolute atomic E-state index is 8.31. The van der Waals surface area contributed by atoms with Crippen LogP contribution in [0.1, 0.15) is 19.3 Å². The second kappa shape index (κ2) is 5.41. The number of rotatable bonds is 3. The summed E-state index contributed by atoms with van der Waals surface area (Å²) in [4.78, 5) is 0. The lowest BCUT2D eigenvalue weighted by atomic mass is 10.1. The minimum atomic E-state index is 0.220. The topological polar surface area (TPSA) is 59.0 Å². The molecule has 0 aromatic heterocycles. The fourth-order valence-corrected chi connectivity index (χ4v) is 2.06. The van der Waals surface area contributed by atoms with Crippen LogP contribution < -0.4 is 5.73 Å². The number of nitrogens with two attached hydrogens (primary N) is 1. The van der Waals surface area contributed by atoms with Gasteiger partial charge in [-0.3, -0.25) is 0 Å². The quantitative estimate of drug-likeness (QED) is 0.670. The van der Waals surface area contributed by atoms with Crippen LogP contribution >= 0.6 is 11.8 Å². The van der Waals surface area contributed by atoms with E-state index in [4.69, 9.17) is 15.7 Å². The van der Waals surface area contributed by atoms with E-state index < -0.39 is 0 Å². The van der Waals surface area contributed by atoms with Crippen molar-refractivity contribution >= 4 is 11.8 Å². The Morgan fingerprint density at radius 3 is 3.00 bits per heavy atom. The van der Waals surface area contributed by atoms with Crippen LogP contribution in [-0.2, 0) is 4.74 Å². The van der Waals surface area contributed by atoms with Gasteiger partial charge in [0, 0.05) is 18.2 Å². The molecule has 0 bridgehead atoms. The van der Waals surface area contributed by atoms with Crippen LogP contribution in [0.5, 0.6) is 0 Å². The SMILES string of the molecule is N#CCCSC1CC[C@H](N)CO1. The van der Waals surface area contributed by atoms with E-state index in [2.05, 4.69) is 6.07 Å². The minimum Gasteiger partial charge on any atom is -0.366 e. The number of thioether (sulfide) groups is 1. The third-order valence-corrected chi connectivity index (χ3v) is 2.97. The van der Waals surface area contributed by atoms with Crippen molar-refractivity contribution in [1.82, 2.24) is 0 Å². The van der Waals surface area contributed by atoms with Gasteiger partial charge >= 0.3 is 0 Å². The molecule has 1 saturated heterocycles. The summed E-state index contributed by atoms with van der Waals surface area (Å²) in [7, 11) is 0. The summed E-state index contributed by atoms with van der Waals surface area (Å²) in [5.41, 5.74) is 5.94. The van der Waals surface area contributed by atoms with E-state index >= 15 is 0 Å². The monoisotopic (exact) mass is 186 g/mol. The molecule has 0 radical (unpaired) electrons. The second-order valence-electron chi connectivity index (χ2n) is 2.88. The molecule has 1 unspecified atom stereocenters. The molecule has 1 aliphatic rings. The normalized spacial score (nSPS) is 29.7. The van der Waals surface area contributed by atoms with Crippen LogP contribution in [-0.4, -0.2) is 23.8 Å². The molecule has 1 aliphatic heterocycles. The summed E-state index contributed by atoms with van der Waals surface area (Å²) < 4.78 is 5.47. The fraction of sp³-hybridized carbons (Fsp3) is 0.875. The lowest BCUT2D eigenvalue weighted by molar-refractivity contribution is 0.0594. The molecule has 0 aliphatic carbocycles. The lowest BCUT2D eigenvalue weighted by Gasteiger charge is -2.25. The highest BCUT2D eigenvalue weighted by atomic mass is 32.2. The Balaban J connectivity index is 2.06.